The molecule has 0 bridgehead atoms. The molecular weight excluding hydrogens is 262 g/mol. The zero-order chi connectivity index (χ0) is 14.0. The maximum Gasteiger partial charge on any atom is 0.185 e. The first-order valence-electron chi connectivity index (χ1n) is 6.61. The van der Waals surface area contributed by atoms with Gasteiger partial charge in [-0.1, -0.05) is 0 Å². The Morgan fingerprint density at radius 1 is 1.53 bits per heavy atom. The fraction of sp³-hybridized carbons (Fsp3) is 0.769. The van der Waals surface area contributed by atoms with Crippen LogP contribution >= 0.6 is 11.3 Å². The fourth-order valence-electron chi connectivity index (χ4n) is 2.14. The van der Waals surface area contributed by atoms with Crippen molar-refractivity contribution in [1.29, 1.82) is 0 Å². The molecule has 1 N–H and O–H groups in total. The summed E-state index contributed by atoms with van der Waals surface area (Å²) in [5.74, 6) is 0. The first-order valence-corrected chi connectivity index (χ1v) is 7.43. The lowest BCUT2D eigenvalue weighted by atomic mass is 10.2. The van der Waals surface area contributed by atoms with Gasteiger partial charge in [0, 0.05) is 38.1 Å². The average Bonchev–Trinajstić information content (AvgIpc) is 2.74. The number of aromatic nitrogens is 1. The minimum absolute atomic E-state index is 0.0576. The number of thiazole rings is 1. The summed E-state index contributed by atoms with van der Waals surface area (Å²) in [5.41, 5.74) is 1.10. The number of nitrogens with zero attached hydrogens (tertiary/aromatic N) is 3. The molecule has 1 saturated heterocycles. The van der Waals surface area contributed by atoms with E-state index in [4.69, 9.17) is 4.74 Å². The predicted octanol–water partition coefficient (Wildman–Crippen LogP) is 1.10. The molecule has 1 aromatic rings. The van der Waals surface area contributed by atoms with E-state index in [-0.39, 0.29) is 12.7 Å². The van der Waals surface area contributed by atoms with Gasteiger partial charge in [-0.15, -0.1) is 11.3 Å². The highest BCUT2D eigenvalue weighted by atomic mass is 32.1. The maximum absolute atomic E-state index is 9.22. The summed E-state index contributed by atoms with van der Waals surface area (Å²) in [6.07, 6.45) is -0.0576. The van der Waals surface area contributed by atoms with Gasteiger partial charge in [-0.25, -0.2) is 4.98 Å². The van der Waals surface area contributed by atoms with Crippen LogP contribution in [0.4, 0.5) is 5.13 Å². The van der Waals surface area contributed by atoms with Gasteiger partial charge in [0.2, 0.25) is 0 Å². The van der Waals surface area contributed by atoms with Crippen LogP contribution in [0.15, 0.2) is 0 Å². The molecular formula is C13H23N3O2S. The fourth-order valence-corrected chi connectivity index (χ4v) is 3.15. The Morgan fingerprint density at radius 2 is 2.26 bits per heavy atom. The number of hydrogen-bond donors (Lipinski definition) is 1. The molecule has 1 aliphatic heterocycles. The summed E-state index contributed by atoms with van der Waals surface area (Å²) in [7, 11) is 4.03. The molecule has 2 heterocycles. The first kappa shape index (κ1) is 14.7. The van der Waals surface area contributed by atoms with Gasteiger partial charge in [0.05, 0.1) is 25.0 Å². The van der Waals surface area contributed by atoms with Gasteiger partial charge < -0.3 is 14.7 Å². The van der Waals surface area contributed by atoms with Crippen molar-refractivity contribution in [3.63, 3.8) is 0 Å². The number of aliphatic hydroxyl groups is 1. The number of morpholine rings is 1. The number of aliphatic hydroxyl groups excluding tert-OH is 1. The molecule has 2 unspecified atom stereocenters. The molecule has 6 heteroatoms. The van der Waals surface area contributed by atoms with Gasteiger partial charge in [-0.3, -0.25) is 4.90 Å². The van der Waals surface area contributed by atoms with Crippen LogP contribution in [-0.4, -0.2) is 61.0 Å². The van der Waals surface area contributed by atoms with Crippen molar-refractivity contribution in [1.82, 2.24) is 9.88 Å². The second-order valence-corrected chi connectivity index (χ2v) is 6.38. The molecule has 1 aliphatic rings. The summed E-state index contributed by atoms with van der Waals surface area (Å²) in [4.78, 5) is 10.3. The smallest absolute Gasteiger partial charge is 0.185 e. The van der Waals surface area contributed by atoms with Gasteiger partial charge in [-0.05, 0) is 13.8 Å². The molecule has 108 valence electrons. The van der Waals surface area contributed by atoms with E-state index in [0.717, 1.165) is 23.9 Å². The van der Waals surface area contributed by atoms with Crippen molar-refractivity contribution in [3.05, 3.63) is 10.6 Å². The molecule has 19 heavy (non-hydrogen) atoms. The number of ether oxygens (including phenoxy) is 1. The van der Waals surface area contributed by atoms with Crippen LogP contribution in [-0.2, 0) is 11.3 Å². The third kappa shape index (κ3) is 3.45. The van der Waals surface area contributed by atoms with E-state index in [2.05, 4.69) is 23.7 Å². The first-order chi connectivity index (χ1) is 9.01. The zero-order valence-corrected chi connectivity index (χ0v) is 12.9. The lowest BCUT2D eigenvalue weighted by Gasteiger charge is -2.37. The molecule has 0 aliphatic carbocycles. The Hall–Kier alpha value is -0.690. The summed E-state index contributed by atoms with van der Waals surface area (Å²) in [6.45, 7) is 6.67. The minimum Gasteiger partial charge on any atom is -0.394 e. The normalized spacial score (nSPS) is 24.7. The molecule has 0 aromatic carbocycles. The Labute approximate surface area is 118 Å². The third-order valence-electron chi connectivity index (χ3n) is 3.45. The molecule has 5 nitrogen and oxygen atoms in total. The zero-order valence-electron chi connectivity index (χ0n) is 12.1. The van der Waals surface area contributed by atoms with Gasteiger partial charge in [0.15, 0.2) is 5.13 Å². The van der Waals surface area contributed by atoms with Gasteiger partial charge >= 0.3 is 0 Å². The van der Waals surface area contributed by atoms with E-state index in [1.807, 2.05) is 19.0 Å². The second kappa shape index (κ2) is 6.17. The predicted molar refractivity (Wildman–Crippen MR) is 77.9 cm³/mol. The Morgan fingerprint density at radius 3 is 2.84 bits per heavy atom. The topological polar surface area (TPSA) is 48.8 Å². The van der Waals surface area contributed by atoms with Crippen molar-refractivity contribution < 1.29 is 9.84 Å². The van der Waals surface area contributed by atoms with Crippen LogP contribution in [0.5, 0.6) is 0 Å². The van der Waals surface area contributed by atoms with Gasteiger partial charge in [0.1, 0.15) is 0 Å². The highest BCUT2D eigenvalue weighted by Gasteiger charge is 2.26. The summed E-state index contributed by atoms with van der Waals surface area (Å²) in [6, 6.07) is 0.382. The monoisotopic (exact) mass is 285 g/mol. The van der Waals surface area contributed by atoms with Crippen molar-refractivity contribution in [3.8, 4) is 0 Å². The van der Waals surface area contributed by atoms with Crippen LogP contribution < -0.4 is 4.90 Å². The molecule has 1 aromatic heterocycles. The number of rotatable bonds is 4. The number of anilines is 1. The Bertz CT molecular complexity index is 422. The summed E-state index contributed by atoms with van der Waals surface area (Å²) >= 11 is 1.74. The van der Waals surface area contributed by atoms with Gasteiger partial charge in [0.25, 0.3) is 0 Å². The lowest BCUT2D eigenvalue weighted by molar-refractivity contribution is -0.0803. The lowest BCUT2D eigenvalue weighted by Crippen LogP contribution is -2.48. The molecule has 0 saturated carbocycles. The SMILES string of the molecule is Cc1nc(N(C)C)sc1CN1CC(CO)OCC1C. The van der Waals surface area contributed by atoms with Crippen LogP contribution in [0.2, 0.25) is 0 Å². The van der Waals surface area contributed by atoms with Crippen molar-refractivity contribution in [2.75, 3.05) is 38.8 Å². The quantitative estimate of drug-likeness (QED) is 0.898. The van der Waals surface area contributed by atoms with Gasteiger partial charge in [-0.2, -0.15) is 0 Å². The average molecular weight is 285 g/mol. The maximum atomic E-state index is 9.22. The molecule has 0 radical (unpaired) electrons. The van der Waals surface area contributed by atoms with E-state index < -0.39 is 0 Å². The van der Waals surface area contributed by atoms with Crippen LogP contribution in [0, 0.1) is 6.92 Å². The van der Waals surface area contributed by atoms with E-state index in [9.17, 15) is 5.11 Å². The van der Waals surface area contributed by atoms with E-state index in [1.54, 1.807) is 11.3 Å². The van der Waals surface area contributed by atoms with Crippen LogP contribution in [0.1, 0.15) is 17.5 Å². The molecule has 0 amide bonds. The molecule has 2 atom stereocenters. The molecule has 2 rings (SSSR count). The Kier molecular flexibility index (Phi) is 4.78. The Balaban J connectivity index is 2.06. The highest BCUT2D eigenvalue weighted by Crippen LogP contribution is 2.27. The van der Waals surface area contributed by atoms with Crippen molar-refractivity contribution in [2.45, 2.75) is 32.5 Å². The number of aryl methyl sites for hydroxylation is 1. The summed E-state index contributed by atoms with van der Waals surface area (Å²) < 4.78 is 5.57. The van der Waals surface area contributed by atoms with E-state index >= 15 is 0 Å². The van der Waals surface area contributed by atoms with Crippen molar-refractivity contribution >= 4 is 16.5 Å². The van der Waals surface area contributed by atoms with Crippen molar-refractivity contribution in [2.24, 2.45) is 0 Å². The second-order valence-electron chi connectivity index (χ2n) is 5.32. The number of hydrogen-bond acceptors (Lipinski definition) is 6. The van der Waals surface area contributed by atoms with E-state index in [0.29, 0.717) is 12.6 Å². The largest absolute Gasteiger partial charge is 0.394 e. The van der Waals surface area contributed by atoms with Crippen LogP contribution in [0.25, 0.3) is 0 Å². The standard InChI is InChI=1S/C13H23N3O2S/c1-9-8-18-11(7-17)5-16(9)6-12-10(2)14-13(19-12)15(3)4/h9,11,17H,5-8H2,1-4H3. The summed E-state index contributed by atoms with van der Waals surface area (Å²) in [5, 5.41) is 10.3. The van der Waals surface area contributed by atoms with Crippen LogP contribution in [0.3, 0.4) is 0 Å². The highest BCUT2D eigenvalue weighted by molar-refractivity contribution is 7.15. The molecule has 1 fully saturated rings. The third-order valence-corrected chi connectivity index (χ3v) is 4.76. The minimum atomic E-state index is -0.0576. The van der Waals surface area contributed by atoms with E-state index in [1.165, 1.54) is 4.88 Å². The molecule has 0 spiro atoms.